The number of aryl methyl sites for hydroxylation is 1. The van der Waals surface area contributed by atoms with Crippen LogP contribution in [0.5, 0.6) is 11.5 Å². The maximum atomic E-state index is 13.6. The van der Waals surface area contributed by atoms with Gasteiger partial charge in [-0.1, -0.05) is 12.1 Å². The molecule has 0 fully saturated rings. The number of ether oxygens (including phenoxy) is 2. The van der Waals surface area contributed by atoms with Gasteiger partial charge in [0.1, 0.15) is 11.9 Å². The Bertz CT molecular complexity index is 841. The average molecular weight is 340 g/mol. The maximum absolute atomic E-state index is 13.6. The highest BCUT2D eigenvalue weighted by Gasteiger charge is 2.06. The van der Waals surface area contributed by atoms with E-state index in [4.69, 9.17) is 14.7 Å². The molecule has 0 atom stereocenters. The summed E-state index contributed by atoms with van der Waals surface area (Å²) in [7, 11) is 1.48. The fourth-order valence-electron chi connectivity index (χ4n) is 2.10. The van der Waals surface area contributed by atoms with Crippen LogP contribution in [0.4, 0.5) is 10.1 Å². The van der Waals surface area contributed by atoms with Crippen molar-refractivity contribution in [2.75, 3.05) is 19.0 Å². The highest BCUT2D eigenvalue weighted by Crippen LogP contribution is 2.28. The SMILES string of the molecule is COc1cc(/C=C/C(=O)Nc2cc(C)ccc2F)ccc1OCC#N. The number of amides is 1. The number of hydrogen-bond acceptors (Lipinski definition) is 4. The van der Waals surface area contributed by atoms with Crippen LogP contribution in [-0.2, 0) is 4.79 Å². The number of halogens is 1. The van der Waals surface area contributed by atoms with Crippen LogP contribution in [0.25, 0.3) is 6.08 Å². The van der Waals surface area contributed by atoms with Gasteiger partial charge >= 0.3 is 0 Å². The summed E-state index contributed by atoms with van der Waals surface area (Å²) in [6.45, 7) is 1.73. The molecule has 1 amide bonds. The Balaban J connectivity index is 2.09. The number of nitrogens with zero attached hydrogens (tertiary/aromatic N) is 1. The van der Waals surface area contributed by atoms with Crippen LogP contribution < -0.4 is 14.8 Å². The highest BCUT2D eigenvalue weighted by atomic mass is 19.1. The summed E-state index contributed by atoms with van der Waals surface area (Å²) in [6, 6.07) is 11.4. The molecule has 0 aliphatic heterocycles. The molecule has 0 unspecified atom stereocenters. The number of hydrogen-bond donors (Lipinski definition) is 1. The monoisotopic (exact) mass is 340 g/mol. The first-order chi connectivity index (χ1) is 12.0. The summed E-state index contributed by atoms with van der Waals surface area (Å²) in [6.07, 6.45) is 2.87. The molecule has 0 aliphatic rings. The van der Waals surface area contributed by atoms with Gasteiger partial charge in [-0.15, -0.1) is 0 Å². The van der Waals surface area contributed by atoms with E-state index in [9.17, 15) is 9.18 Å². The number of carbonyl (C=O) groups is 1. The molecule has 2 rings (SSSR count). The van der Waals surface area contributed by atoms with Gasteiger partial charge in [0.25, 0.3) is 0 Å². The molecule has 2 aromatic rings. The van der Waals surface area contributed by atoms with Crippen molar-refractivity contribution in [1.29, 1.82) is 5.26 Å². The van der Waals surface area contributed by atoms with E-state index in [1.807, 2.05) is 13.0 Å². The fourth-order valence-corrected chi connectivity index (χ4v) is 2.10. The summed E-state index contributed by atoms with van der Waals surface area (Å²) in [4.78, 5) is 12.0. The summed E-state index contributed by atoms with van der Waals surface area (Å²) >= 11 is 0. The zero-order valence-electron chi connectivity index (χ0n) is 13.9. The normalized spacial score (nSPS) is 10.3. The van der Waals surface area contributed by atoms with Gasteiger partial charge in [-0.2, -0.15) is 5.26 Å². The molecular formula is C19H17FN2O3. The Hall–Kier alpha value is -3.33. The molecule has 5 nitrogen and oxygen atoms in total. The second-order valence-electron chi connectivity index (χ2n) is 5.16. The minimum Gasteiger partial charge on any atom is -0.493 e. The topological polar surface area (TPSA) is 71.3 Å². The van der Waals surface area contributed by atoms with Gasteiger partial charge in [0.2, 0.25) is 5.91 Å². The summed E-state index contributed by atoms with van der Waals surface area (Å²) in [5.41, 5.74) is 1.67. The molecule has 128 valence electrons. The first-order valence-corrected chi connectivity index (χ1v) is 7.46. The van der Waals surface area contributed by atoms with Crippen molar-refractivity contribution < 1.29 is 18.7 Å². The van der Waals surface area contributed by atoms with E-state index in [-0.39, 0.29) is 12.3 Å². The Morgan fingerprint density at radius 2 is 2.08 bits per heavy atom. The van der Waals surface area contributed by atoms with Crippen molar-refractivity contribution in [1.82, 2.24) is 0 Å². The molecular weight excluding hydrogens is 323 g/mol. The number of nitriles is 1. The van der Waals surface area contributed by atoms with E-state index in [0.717, 1.165) is 5.56 Å². The third-order valence-electron chi connectivity index (χ3n) is 3.29. The highest BCUT2D eigenvalue weighted by molar-refractivity contribution is 6.02. The van der Waals surface area contributed by atoms with Crippen LogP contribution in [0, 0.1) is 24.1 Å². The summed E-state index contributed by atoms with van der Waals surface area (Å²) in [5, 5.41) is 11.0. The van der Waals surface area contributed by atoms with Crippen molar-refractivity contribution in [3.8, 4) is 17.6 Å². The van der Waals surface area contributed by atoms with Crippen LogP contribution in [0.3, 0.4) is 0 Å². The molecule has 2 aromatic carbocycles. The Morgan fingerprint density at radius 3 is 2.80 bits per heavy atom. The Morgan fingerprint density at radius 1 is 1.28 bits per heavy atom. The number of nitrogens with one attached hydrogen (secondary N) is 1. The molecule has 0 aliphatic carbocycles. The van der Waals surface area contributed by atoms with Crippen molar-refractivity contribution in [2.45, 2.75) is 6.92 Å². The van der Waals surface area contributed by atoms with Gasteiger partial charge < -0.3 is 14.8 Å². The maximum Gasteiger partial charge on any atom is 0.248 e. The Kier molecular flexibility index (Phi) is 6.13. The zero-order valence-corrected chi connectivity index (χ0v) is 13.9. The van der Waals surface area contributed by atoms with E-state index in [1.54, 1.807) is 36.4 Å². The lowest BCUT2D eigenvalue weighted by Crippen LogP contribution is -2.09. The van der Waals surface area contributed by atoms with Gasteiger partial charge in [0.15, 0.2) is 18.1 Å². The second kappa shape index (κ2) is 8.50. The van der Waals surface area contributed by atoms with E-state index in [0.29, 0.717) is 17.1 Å². The van der Waals surface area contributed by atoms with Crippen molar-refractivity contribution in [3.05, 3.63) is 59.4 Å². The number of carbonyl (C=O) groups excluding carboxylic acids is 1. The van der Waals surface area contributed by atoms with Crippen LogP contribution in [0.1, 0.15) is 11.1 Å². The predicted molar refractivity (Wildman–Crippen MR) is 92.9 cm³/mol. The standard InChI is InChI=1S/C19H17FN2O3/c1-13-3-6-15(20)16(11-13)22-19(23)8-5-14-4-7-17(25-10-9-21)18(12-14)24-2/h3-8,11-12H,10H2,1-2H3,(H,22,23)/b8-5+. The molecule has 6 heteroatoms. The largest absolute Gasteiger partial charge is 0.493 e. The minimum absolute atomic E-state index is 0.0873. The fraction of sp³-hybridized carbons (Fsp3) is 0.158. The van der Waals surface area contributed by atoms with Crippen molar-refractivity contribution in [3.63, 3.8) is 0 Å². The van der Waals surface area contributed by atoms with E-state index in [1.165, 1.54) is 19.3 Å². The number of rotatable bonds is 6. The third-order valence-corrected chi connectivity index (χ3v) is 3.29. The number of methoxy groups -OCH3 is 1. The second-order valence-corrected chi connectivity index (χ2v) is 5.16. The van der Waals surface area contributed by atoms with Crippen LogP contribution in [0.15, 0.2) is 42.5 Å². The predicted octanol–water partition coefficient (Wildman–Crippen LogP) is 3.70. The van der Waals surface area contributed by atoms with E-state index in [2.05, 4.69) is 5.32 Å². The smallest absolute Gasteiger partial charge is 0.248 e. The van der Waals surface area contributed by atoms with Gasteiger partial charge in [0.05, 0.1) is 12.8 Å². The van der Waals surface area contributed by atoms with Crippen molar-refractivity contribution >= 4 is 17.7 Å². The van der Waals surface area contributed by atoms with Gasteiger partial charge in [-0.25, -0.2) is 4.39 Å². The van der Waals surface area contributed by atoms with Crippen LogP contribution in [-0.4, -0.2) is 19.6 Å². The lowest BCUT2D eigenvalue weighted by atomic mass is 10.2. The lowest BCUT2D eigenvalue weighted by molar-refractivity contribution is -0.111. The number of benzene rings is 2. The quantitative estimate of drug-likeness (QED) is 0.814. The third kappa shape index (κ3) is 5.08. The van der Waals surface area contributed by atoms with Crippen molar-refractivity contribution in [2.24, 2.45) is 0 Å². The molecule has 0 bridgehead atoms. The molecule has 0 radical (unpaired) electrons. The first-order valence-electron chi connectivity index (χ1n) is 7.46. The molecule has 0 aromatic heterocycles. The lowest BCUT2D eigenvalue weighted by Gasteiger charge is -2.09. The number of anilines is 1. The van der Waals surface area contributed by atoms with E-state index >= 15 is 0 Å². The van der Waals surface area contributed by atoms with Crippen LogP contribution in [0.2, 0.25) is 0 Å². The summed E-state index contributed by atoms with van der Waals surface area (Å²) < 4.78 is 24.1. The van der Waals surface area contributed by atoms with Gasteiger partial charge in [-0.3, -0.25) is 4.79 Å². The van der Waals surface area contributed by atoms with E-state index < -0.39 is 11.7 Å². The van der Waals surface area contributed by atoms with Crippen LogP contribution >= 0.6 is 0 Å². The zero-order chi connectivity index (χ0) is 18.2. The molecule has 0 spiro atoms. The summed E-state index contributed by atoms with van der Waals surface area (Å²) in [5.74, 6) is -0.0590. The van der Waals surface area contributed by atoms with Gasteiger partial charge in [-0.05, 0) is 48.4 Å². The molecule has 25 heavy (non-hydrogen) atoms. The first kappa shape index (κ1) is 18.0. The van der Waals surface area contributed by atoms with Gasteiger partial charge in [0, 0.05) is 6.08 Å². The average Bonchev–Trinajstić information content (AvgIpc) is 2.61. The molecule has 0 saturated carbocycles. The minimum atomic E-state index is -0.493. The molecule has 0 saturated heterocycles. The Labute approximate surface area is 145 Å². The molecule has 1 N–H and O–H groups in total. The molecule has 0 heterocycles.